The number of rotatable bonds is 9. The number of thiazole rings is 1. The van der Waals surface area contributed by atoms with Crippen LogP contribution >= 0.6 is 22.9 Å². The molecule has 0 bridgehead atoms. The highest BCUT2D eigenvalue weighted by atomic mass is 35.5. The fourth-order valence-corrected chi connectivity index (χ4v) is 4.55. The third-order valence-electron chi connectivity index (χ3n) is 5.25. The van der Waals surface area contributed by atoms with E-state index < -0.39 is 10.8 Å². The highest BCUT2D eigenvalue weighted by Gasteiger charge is 2.25. The SMILES string of the molecule is CCc1ccc2nc(N(CCN(CC)CC)C(=O)c3cc([N+](=O)[O-])ccc3Cl)sc2c1. The van der Waals surface area contributed by atoms with Gasteiger partial charge in [-0.3, -0.25) is 19.8 Å². The maximum atomic E-state index is 13.5. The van der Waals surface area contributed by atoms with Crippen LogP contribution in [0, 0.1) is 10.1 Å². The van der Waals surface area contributed by atoms with Gasteiger partial charge in [0.1, 0.15) is 0 Å². The van der Waals surface area contributed by atoms with Crippen LogP contribution in [0.25, 0.3) is 10.2 Å². The van der Waals surface area contributed by atoms with Crippen LogP contribution in [-0.2, 0) is 6.42 Å². The van der Waals surface area contributed by atoms with Gasteiger partial charge >= 0.3 is 0 Å². The van der Waals surface area contributed by atoms with Gasteiger partial charge in [0.25, 0.3) is 11.6 Å². The number of hydrogen-bond acceptors (Lipinski definition) is 6. The van der Waals surface area contributed by atoms with Gasteiger partial charge in [0.05, 0.1) is 25.7 Å². The quantitative estimate of drug-likeness (QED) is 0.315. The first kappa shape index (κ1) is 23.1. The van der Waals surface area contributed by atoms with E-state index in [0.29, 0.717) is 18.2 Å². The van der Waals surface area contributed by atoms with Crippen LogP contribution in [0.5, 0.6) is 0 Å². The molecule has 0 N–H and O–H groups in total. The van der Waals surface area contributed by atoms with Crippen LogP contribution in [0.1, 0.15) is 36.7 Å². The molecule has 3 aromatic rings. The Hall–Kier alpha value is -2.55. The van der Waals surface area contributed by atoms with Gasteiger partial charge in [-0.05, 0) is 43.3 Å². The van der Waals surface area contributed by atoms with E-state index in [4.69, 9.17) is 11.6 Å². The van der Waals surface area contributed by atoms with Crippen molar-refractivity contribution in [1.82, 2.24) is 9.88 Å². The first-order chi connectivity index (χ1) is 14.9. The van der Waals surface area contributed by atoms with Gasteiger partial charge in [0.15, 0.2) is 5.13 Å². The van der Waals surface area contributed by atoms with Gasteiger partial charge in [0.2, 0.25) is 0 Å². The van der Waals surface area contributed by atoms with Crippen LogP contribution in [-0.4, -0.2) is 46.9 Å². The average Bonchev–Trinajstić information content (AvgIpc) is 3.19. The number of non-ortho nitro benzene ring substituents is 1. The predicted octanol–water partition coefficient (Wildman–Crippen LogP) is 5.41. The summed E-state index contributed by atoms with van der Waals surface area (Å²) in [6.45, 7) is 8.99. The third-order valence-corrected chi connectivity index (χ3v) is 6.62. The number of likely N-dealkylation sites (N-methyl/N-ethyl adjacent to an activating group) is 1. The molecule has 0 unspecified atom stereocenters. The van der Waals surface area contributed by atoms with Crippen molar-refractivity contribution in [3.05, 3.63) is 62.7 Å². The summed E-state index contributed by atoms with van der Waals surface area (Å²) in [5, 5.41) is 12.0. The zero-order chi connectivity index (χ0) is 22.5. The van der Waals surface area contributed by atoms with E-state index in [1.807, 2.05) is 12.1 Å². The van der Waals surface area contributed by atoms with E-state index >= 15 is 0 Å². The van der Waals surface area contributed by atoms with E-state index in [1.54, 1.807) is 4.90 Å². The Balaban J connectivity index is 2.03. The van der Waals surface area contributed by atoms with Gasteiger partial charge in [-0.2, -0.15) is 0 Å². The number of aromatic nitrogens is 1. The summed E-state index contributed by atoms with van der Waals surface area (Å²) in [5.74, 6) is -0.393. The molecule has 0 aliphatic carbocycles. The summed E-state index contributed by atoms with van der Waals surface area (Å²) in [5.41, 5.74) is 1.95. The van der Waals surface area contributed by atoms with Crippen LogP contribution in [0.2, 0.25) is 5.02 Å². The molecule has 0 atom stereocenters. The highest BCUT2D eigenvalue weighted by molar-refractivity contribution is 7.22. The van der Waals surface area contributed by atoms with Gasteiger partial charge < -0.3 is 4.90 Å². The number of aryl methyl sites for hydroxylation is 1. The fourth-order valence-electron chi connectivity index (χ4n) is 3.29. The van der Waals surface area contributed by atoms with Crippen molar-refractivity contribution in [2.75, 3.05) is 31.1 Å². The number of benzene rings is 2. The minimum Gasteiger partial charge on any atom is -0.302 e. The molecule has 9 heteroatoms. The fraction of sp³-hybridized carbons (Fsp3) is 0.364. The van der Waals surface area contributed by atoms with E-state index in [0.717, 1.165) is 29.7 Å². The number of fused-ring (bicyclic) bond motifs is 1. The van der Waals surface area contributed by atoms with Gasteiger partial charge in [-0.25, -0.2) is 4.98 Å². The topological polar surface area (TPSA) is 79.6 Å². The summed E-state index contributed by atoms with van der Waals surface area (Å²) in [6.07, 6.45) is 0.914. The van der Waals surface area contributed by atoms with Crippen LogP contribution < -0.4 is 4.90 Å². The van der Waals surface area contributed by atoms with Crippen molar-refractivity contribution in [2.24, 2.45) is 0 Å². The number of nitro groups is 1. The molecule has 0 saturated heterocycles. The number of carbonyl (C=O) groups excluding carboxylic acids is 1. The normalized spacial score (nSPS) is 11.3. The molecule has 7 nitrogen and oxygen atoms in total. The summed E-state index contributed by atoms with van der Waals surface area (Å²) in [4.78, 5) is 32.7. The first-order valence-corrected chi connectivity index (χ1v) is 11.4. The number of anilines is 1. The van der Waals surface area contributed by atoms with E-state index in [2.05, 4.69) is 36.7 Å². The lowest BCUT2D eigenvalue weighted by Gasteiger charge is -2.25. The Morgan fingerprint density at radius 2 is 1.87 bits per heavy atom. The minimum atomic E-state index is -0.530. The Labute approximate surface area is 190 Å². The molecule has 0 spiro atoms. The summed E-state index contributed by atoms with van der Waals surface area (Å²) in [6, 6.07) is 10.00. The zero-order valence-corrected chi connectivity index (χ0v) is 19.4. The molecule has 3 rings (SSSR count). The number of halogens is 1. The molecule has 1 heterocycles. The molecule has 0 saturated carbocycles. The summed E-state index contributed by atoms with van der Waals surface area (Å²) < 4.78 is 1.00. The maximum absolute atomic E-state index is 13.5. The van der Waals surface area contributed by atoms with Crippen molar-refractivity contribution in [1.29, 1.82) is 0 Å². The second-order valence-corrected chi connectivity index (χ2v) is 8.47. The maximum Gasteiger partial charge on any atom is 0.270 e. The zero-order valence-electron chi connectivity index (χ0n) is 17.8. The number of amides is 1. The molecule has 2 aromatic carbocycles. The molecule has 0 aliphatic rings. The smallest absolute Gasteiger partial charge is 0.270 e. The van der Waals surface area contributed by atoms with Gasteiger partial charge in [-0.15, -0.1) is 0 Å². The van der Waals surface area contributed by atoms with E-state index in [1.165, 1.54) is 35.1 Å². The first-order valence-electron chi connectivity index (χ1n) is 10.3. The number of nitrogens with zero attached hydrogens (tertiary/aromatic N) is 4. The van der Waals surface area contributed by atoms with Crippen LogP contribution in [0.3, 0.4) is 0 Å². The lowest BCUT2D eigenvalue weighted by atomic mass is 10.1. The monoisotopic (exact) mass is 460 g/mol. The molecule has 164 valence electrons. The minimum absolute atomic E-state index is 0.101. The molecule has 1 aromatic heterocycles. The summed E-state index contributed by atoms with van der Waals surface area (Å²) in [7, 11) is 0. The van der Waals surface area contributed by atoms with Crippen molar-refractivity contribution >= 4 is 49.9 Å². The third kappa shape index (κ3) is 5.20. The van der Waals surface area contributed by atoms with E-state index in [9.17, 15) is 14.9 Å². The van der Waals surface area contributed by atoms with Gasteiger partial charge in [0, 0.05) is 25.2 Å². The summed E-state index contributed by atoms with van der Waals surface area (Å²) >= 11 is 7.70. The van der Waals surface area contributed by atoms with Crippen LogP contribution in [0.4, 0.5) is 10.8 Å². The Morgan fingerprint density at radius 1 is 1.13 bits per heavy atom. The van der Waals surface area contributed by atoms with Crippen LogP contribution in [0.15, 0.2) is 36.4 Å². The highest BCUT2D eigenvalue weighted by Crippen LogP contribution is 2.32. The van der Waals surface area contributed by atoms with E-state index in [-0.39, 0.29) is 16.3 Å². The predicted molar refractivity (Wildman–Crippen MR) is 127 cm³/mol. The number of carbonyl (C=O) groups is 1. The average molecular weight is 461 g/mol. The Kier molecular flexibility index (Phi) is 7.59. The second-order valence-electron chi connectivity index (χ2n) is 7.06. The van der Waals surface area contributed by atoms with Crippen molar-refractivity contribution in [3.8, 4) is 0 Å². The molecule has 0 fully saturated rings. The molecule has 31 heavy (non-hydrogen) atoms. The number of nitro benzene ring substituents is 1. The largest absolute Gasteiger partial charge is 0.302 e. The van der Waals surface area contributed by atoms with Crippen molar-refractivity contribution in [3.63, 3.8) is 0 Å². The Morgan fingerprint density at radius 3 is 2.52 bits per heavy atom. The van der Waals surface area contributed by atoms with Crippen molar-refractivity contribution in [2.45, 2.75) is 27.2 Å². The molecule has 0 aliphatic heterocycles. The molecular formula is C22H25ClN4O3S. The molecule has 0 radical (unpaired) electrons. The molecular weight excluding hydrogens is 436 g/mol. The standard InChI is InChI=1S/C22H25ClN4O3S/c1-4-15-7-10-19-20(13-15)31-22(24-19)26(12-11-25(5-2)6-3)21(28)17-14-16(27(29)30)8-9-18(17)23/h7-10,13-14H,4-6,11-12H2,1-3H3. The Bertz CT molecular complexity index is 1100. The van der Waals surface area contributed by atoms with Crippen molar-refractivity contribution < 1.29 is 9.72 Å². The lowest BCUT2D eigenvalue weighted by molar-refractivity contribution is -0.384. The van der Waals surface area contributed by atoms with Gasteiger partial charge in [-0.1, -0.05) is 49.8 Å². The number of hydrogen-bond donors (Lipinski definition) is 0. The molecule has 1 amide bonds. The second kappa shape index (κ2) is 10.2. The lowest BCUT2D eigenvalue weighted by Crippen LogP contribution is -2.39.